The van der Waals surface area contributed by atoms with Gasteiger partial charge >= 0.3 is 0 Å². The van der Waals surface area contributed by atoms with Gasteiger partial charge in [-0.1, -0.05) is 50.1 Å². The van der Waals surface area contributed by atoms with Crippen molar-refractivity contribution in [3.63, 3.8) is 0 Å². The number of halogens is 3. The molecule has 0 amide bonds. The maximum absolute atomic E-state index is 5.91. The highest BCUT2D eigenvalue weighted by Crippen LogP contribution is 2.26. The first-order valence-electron chi connectivity index (χ1n) is 5.41. The summed E-state index contributed by atoms with van der Waals surface area (Å²) in [5.74, 6) is 1.26. The molecule has 2 aromatic rings. The lowest BCUT2D eigenvalue weighted by molar-refractivity contribution is 0.303. The van der Waals surface area contributed by atoms with Crippen molar-refractivity contribution in [1.29, 1.82) is 0 Å². The summed E-state index contributed by atoms with van der Waals surface area (Å²) in [6.07, 6.45) is 0. The van der Waals surface area contributed by atoms with Gasteiger partial charge < -0.3 is 4.74 Å². The lowest BCUT2D eigenvalue weighted by Gasteiger charge is -2.11. The Morgan fingerprint density at radius 1 is 1.00 bits per heavy atom. The second kappa shape index (κ2) is 6.60. The average Bonchev–Trinajstić information content (AvgIpc) is 2.39. The van der Waals surface area contributed by atoms with Gasteiger partial charge in [-0.15, -0.1) is 11.6 Å². The fraction of sp³-hybridized carbons (Fsp3) is 0.143. The fourth-order valence-electron chi connectivity index (χ4n) is 1.56. The molecule has 0 saturated carbocycles. The molecule has 0 saturated heterocycles. The Morgan fingerprint density at radius 3 is 2.50 bits per heavy atom. The van der Waals surface area contributed by atoms with Crippen LogP contribution in [0.15, 0.2) is 51.4 Å². The van der Waals surface area contributed by atoms with Crippen molar-refractivity contribution in [3.8, 4) is 5.75 Å². The van der Waals surface area contributed by atoms with Crippen LogP contribution in [-0.2, 0) is 12.5 Å². The molecule has 0 fully saturated rings. The molecular weight excluding hydrogens is 379 g/mol. The Hall–Kier alpha value is -0.510. The van der Waals surface area contributed by atoms with E-state index >= 15 is 0 Å². The van der Waals surface area contributed by atoms with Crippen molar-refractivity contribution < 1.29 is 4.74 Å². The molecule has 0 aliphatic rings. The number of alkyl halides is 1. The predicted molar refractivity (Wildman–Crippen MR) is 82.2 cm³/mol. The predicted octanol–water partition coefficient (Wildman–Crippen LogP) is 5.53. The highest BCUT2D eigenvalue weighted by Gasteiger charge is 2.05. The van der Waals surface area contributed by atoms with Crippen molar-refractivity contribution in [2.75, 3.05) is 0 Å². The van der Waals surface area contributed by atoms with Crippen molar-refractivity contribution in [2.24, 2.45) is 0 Å². The molecular formula is C14H11Br2ClO. The lowest BCUT2D eigenvalue weighted by atomic mass is 10.2. The monoisotopic (exact) mass is 388 g/mol. The van der Waals surface area contributed by atoms with Gasteiger partial charge in [0, 0.05) is 20.1 Å². The number of ether oxygens (including phenoxy) is 1. The Kier molecular flexibility index (Phi) is 5.10. The van der Waals surface area contributed by atoms with Crippen LogP contribution in [0, 0.1) is 0 Å². The zero-order valence-electron chi connectivity index (χ0n) is 9.50. The van der Waals surface area contributed by atoms with E-state index in [0.717, 1.165) is 25.8 Å². The van der Waals surface area contributed by atoms with E-state index < -0.39 is 0 Å². The van der Waals surface area contributed by atoms with Crippen LogP contribution < -0.4 is 4.74 Å². The molecule has 0 aliphatic heterocycles. The molecule has 0 bridgehead atoms. The molecule has 18 heavy (non-hydrogen) atoms. The zero-order valence-corrected chi connectivity index (χ0v) is 13.4. The van der Waals surface area contributed by atoms with Crippen molar-refractivity contribution in [1.82, 2.24) is 0 Å². The fourth-order valence-corrected chi connectivity index (χ4v) is 2.58. The van der Waals surface area contributed by atoms with Gasteiger partial charge in [-0.2, -0.15) is 0 Å². The molecule has 0 aromatic heterocycles. The minimum atomic E-state index is 0.435. The van der Waals surface area contributed by atoms with E-state index in [1.54, 1.807) is 0 Å². The van der Waals surface area contributed by atoms with E-state index in [2.05, 4.69) is 31.9 Å². The lowest BCUT2D eigenvalue weighted by Crippen LogP contribution is -1.98. The van der Waals surface area contributed by atoms with Crippen molar-refractivity contribution in [2.45, 2.75) is 12.5 Å². The number of rotatable bonds is 4. The third kappa shape index (κ3) is 3.50. The summed E-state index contributed by atoms with van der Waals surface area (Å²) < 4.78 is 7.87. The Bertz CT molecular complexity index is 543. The molecule has 94 valence electrons. The number of benzene rings is 2. The van der Waals surface area contributed by atoms with E-state index in [9.17, 15) is 0 Å². The first-order chi connectivity index (χ1) is 8.70. The van der Waals surface area contributed by atoms with Crippen LogP contribution in [-0.4, -0.2) is 0 Å². The highest BCUT2D eigenvalue weighted by atomic mass is 79.9. The molecule has 0 radical (unpaired) electrons. The van der Waals surface area contributed by atoms with Gasteiger partial charge in [0.05, 0.1) is 5.88 Å². The molecule has 0 spiro atoms. The van der Waals surface area contributed by atoms with Gasteiger partial charge in [0.1, 0.15) is 12.4 Å². The van der Waals surface area contributed by atoms with Gasteiger partial charge in [-0.05, 0) is 24.3 Å². The zero-order chi connectivity index (χ0) is 13.0. The second-order valence-electron chi connectivity index (χ2n) is 3.77. The average molecular weight is 391 g/mol. The summed E-state index contributed by atoms with van der Waals surface area (Å²) in [4.78, 5) is 0. The van der Waals surface area contributed by atoms with E-state index in [1.807, 2.05) is 42.5 Å². The third-order valence-electron chi connectivity index (χ3n) is 2.51. The van der Waals surface area contributed by atoms with Gasteiger partial charge in [0.25, 0.3) is 0 Å². The van der Waals surface area contributed by atoms with E-state index in [1.165, 1.54) is 0 Å². The van der Waals surface area contributed by atoms with Crippen LogP contribution in [0.4, 0.5) is 0 Å². The molecule has 0 atom stereocenters. The molecule has 0 unspecified atom stereocenters. The van der Waals surface area contributed by atoms with Crippen LogP contribution in [0.25, 0.3) is 0 Å². The van der Waals surface area contributed by atoms with Crippen LogP contribution in [0.1, 0.15) is 11.1 Å². The standard InChI is InChI=1S/C14H11Br2ClO/c15-12-5-6-14(11(7-12)8-17)18-9-10-3-1-2-4-13(10)16/h1-7H,8-9H2. The first kappa shape index (κ1) is 13.9. The normalized spacial score (nSPS) is 10.4. The number of hydrogen-bond donors (Lipinski definition) is 0. The summed E-state index contributed by atoms with van der Waals surface area (Å²) in [5.41, 5.74) is 2.10. The molecule has 1 nitrogen and oxygen atoms in total. The third-order valence-corrected chi connectivity index (χ3v) is 4.06. The van der Waals surface area contributed by atoms with Crippen molar-refractivity contribution >= 4 is 43.5 Å². The topological polar surface area (TPSA) is 9.23 Å². The molecule has 4 heteroatoms. The Balaban J connectivity index is 2.13. The quantitative estimate of drug-likeness (QED) is 0.624. The Labute approximate surface area is 128 Å². The SMILES string of the molecule is ClCc1cc(Br)ccc1OCc1ccccc1Br. The van der Waals surface area contributed by atoms with Gasteiger partial charge in [0.2, 0.25) is 0 Å². The maximum atomic E-state index is 5.91. The van der Waals surface area contributed by atoms with Crippen LogP contribution in [0.3, 0.4) is 0 Å². The van der Waals surface area contributed by atoms with Gasteiger partial charge in [-0.3, -0.25) is 0 Å². The molecule has 0 N–H and O–H groups in total. The van der Waals surface area contributed by atoms with Gasteiger partial charge in [0.15, 0.2) is 0 Å². The summed E-state index contributed by atoms with van der Waals surface area (Å²) in [6, 6.07) is 13.9. The first-order valence-corrected chi connectivity index (χ1v) is 7.53. The van der Waals surface area contributed by atoms with E-state index in [4.69, 9.17) is 16.3 Å². The minimum Gasteiger partial charge on any atom is -0.489 e. The summed E-state index contributed by atoms with van der Waals surface area (Å²) in [5, 5.41) is 0. The molecule has 2 rings (SSSR count). The minimum absolute atomic E-state index is 0.435. The van der Waals surface area contributed by atoms with Gasteiger partial charge in [-0.25, -0.2) is 0 Å². The molecule has 0 heterocycles. The van der Waals surface area contributed by atoms with Crippen LogP contribution in [0.2, 0.25) is 0 Å². The number of hydrogen-bond acceptors (Lipinski definition) is 1. The summed E-state index contributed by atoms with van der Waals surface area (Å²) in [6.45, 7) is 0.521. The summed E-state index contributed by atoms with van der Waals surface area (Å²) in [7, 11) is 0. The second-order valence-corrected chi connectivity index (χ2v) is 5.80. The van der Waals surface area contributed by atoms with Crippen LogP contribution >= 0.6 is 43.5 Å². The van der Waals surface area contributed by atoms with E-state index in [-0.39, 0.29) is 0 Å². The maximum Gasteiger partial charge on any atom is 0.124 e. The smallest absolute Gasteiger partial charge is 0.124 e. The Morgan fingerprint density at radius 2 is 1.78 bits per heavy atom. The largest absolute Gasteiger partial charge is 0.489 e. The molecule has 0 aliphatic carbocycles. The highest BCUT2D eigenvalue weighted by molar-refractivity contribution is 9.10. The van der Waals surface area contributed by atoms with Crippen molar-refractivity contribution in [3.05, 3.63) is 62.5 Å². The molecule has 2 aromatic carbocycles. The van der Waals surface area contributed by atoms with Crippen LogP contribution in [0.5, 0.6) is 5.75 Å². The van der Waals surface area contributed by atoms with E-state index in [0.29, 0.717) is 12.5 Å². The summed E-state index contributed by atoms with van der Waals surface area (Å²) >= 11 is 12.8.